The van der Waals surface area contributed by atoms with Gasteiger partial charge in [-0.2, -0.15) is 0 Å². The van der Waals surface area contributed by atoms with Crippen LogP contribution in [0, 0.1) is 5.92 Å². The van der Waals surface area contributed by atoms with Crippen molar-refractivity contribution < 1.29 is 24.2 Å². The van der Waals surface area contributed by atoms with Gasteiger partial charge in [0, 0.05) is 18.0 Å². The van der Waals surface area contributed by atoms with Crippen LogP contribution in [0.2, 0.25) is 18.6 Å². The number of nitrogens with one attached hydrogen (secondary N) is 1. The number of hydrogen-bond donors (Lipinski definition) is 2. The number of rotatable bonds is 9. The van der Waals surface area contributed by atoms with E-state index in [0.717, 1.165) is 33.3 Å². The number of aromatic nitrogens is 2. The first kappa shape index (κ1) is 37.8. The molecular weight excluding hydrogens is 745 g/mol. The van der Waals surface area contributed by atoms with Gasteiger partial charge in [0.25, 0.3) is 11.5 Å². The van der Waals surface area contributed by atoms with Crippen LogP contribution >= 0.6 is 0 Å². The lowest BCUT2D eigenvalue weighted by Gasteiger charge is -2.39. The van der Waals surface area contributed by atoms with Gasteiger partial charge in [0.15, 0.2) is 5.60 Å². The summed E-state index contributed by atoms with van der Waals surface area (Å²) in [6.07, 6.45) is -0.0174. The predicted octanol–water partition coefficient (Wildman–Crippen LogP) is 6.43. The summed E-state index contributed by atoms with van der Waals surface area (Å²) in [6, 6.07) is 38.9. The smallest absolute Gasteiger partial charge is 0.279 e. The largest absolute Gasteiger partial charge is 0.497 e. The van der Waals surface area contributed by atoms with Gasteiger partial charge < -0.3 is 24.4 Å². The molecule has 3 aliphatic rings. The number of carbonyl (C=O) groups excluding carboxylic acids is 2. The number of H-pyrrole nitrogens is 1. The molecule has 0 unspecified atom stereocenters. The van der Waals surface area contributed by atoms with E-state index in [4.69, 9.17) is 9.47 Å². The molecule has 9 rings (SSSR count). The van der Waals surface area contributed by atoms with Gasteiger partial charge in [-0.05, 0) is 71.1 Å². The van der Waals surface area contributed by atoms with Crippen LogP contribution in [0.5, 0.6) is 5.75 Å². The standard InChI is InChI=1S/C47H48N4O6Si/c1-30-44(58(3,4)37-21-19-36(56-2)20-22-37)42(26-43(53)49-28-33-15-9-8-14-32(33)24-35(49)29-52)57-47(30)39-25-34(51-45(54)38-16-10-11-17-40(38)48-51)18-23-41(39)50(46(47)55)27-31-12-6-5-7-13-31/h5-23,25,30,35,42,44,48,52H,24,26-29H2,1-4H3/t30-,35+,42+,44-,47+/m1/s1. The third-order valence-electron chi connectivity index (χ3n) is 13.1. The highest BCUT2D eigenvalue weighted by molar-refractivity contribution is 6.91. The Morgan fingerprint density at radius 1 is 0.914 bits per heavy atom. The van der Waals surface area contributed by atoms with E-state index in [-0.39, 0.29) is 47.9 Å². The minimum Gasteiger partial charge on any atom is -0.497 e. The van der Waals surface area contributed by atoms with Crippen LogP contribution in [0.25, 0.3) is 16.6 Å². The number of benzene rings is 5. The summed E-state index contributed by atoms with van der Waals surface area (Å²) in [5.74, 6) is 0.0905. The average molecular weight is 793 g/mol. The molecule has 0 aliphatic carbocycles. The molecule has 2 N–H and O–H groups in total. The molecule has 5 atom stereocenters. The van der Waals surface area contributed by atoms with Crippen molar-refractivity contribution >= 4 is 41.7 Å². The summed E-state index contributed by atoms with van der Waals surface area (Å²) >= 11 is 0. The lowest BCUT2D eigenvalue weighted by Crippen LogP contribution is -2.52. The number of hydrogen-bond acceptors (Lipinski definition) is 6. The van der Waals surface area contributed by atoms with Crippen LogP contribution in [-0.2, 0) is 39.4 Å². The number of aliphatic hydroxyl groups is 1. The topological polar surface area (TPSA) is 117 Å². The molecule has 4 heterocycles. The van der Waals surface area contributed by atoms with E-state index < -0.39 is 19.8 Å². The molecule has 3 aliphatic heterocycles. The van der Waals surface area contributed by atoms with Gasteiger partial charge in [0.05, 0.1) is 69.2 Å². The fourth-order valence-corrected chi connectivity index (χ4v) is 14.1. The second kappa shape index (κ2) is 14.6. The Labute approximate surface area is 338 Å². The summed E-state index contributed by atoms with van der Waals surface area (Å²) < 4.78 is 14.4. The van der Waals surface area contributed by atoms with Crippen molar-refractivity contribution in [1.29, 1.82) is 0 Å². The number of nitrogens with zero attached hydrogens (tertiary/aromatic N) is 3. The second-order valence-electron chi connectivity index (χ2n) is 16.6. The first-order chi connectivity index (χ1) is 28.0. The molecule has 11 heteroatoms. The lowest BCUT2D eigenvalue weighted by atomic mass is 9.82. The number of methoxy groups -OCH3 is 1. The Kier molecular flexibility index (Phi) is 9.49. The SMILES string of the molecule is COc1ccc([Si](C)(C)[C@H]2[C@H](CC(=O)N3Cc4ccccc4C[C@H]3CO)O[C@@]3(C(=O)N(Cc4ccccc4)c4ccc(-n5[nH]c6ccccc6c5=O)cc43)[C@@H]2C)cc1. The van der Waals surface area contributed by atoms with Crippen molar-refractivity contribution in [2.24, 2.45) is 5.92 Å². The number of amides is 2. The molecule has 58 heavy (non-hydrogen) atoms. The number of para-hydroxylation sites is 1. The van der Waals surface area contributed by atoms with Crippen LogP contribution in [-0.4, -0.2) is 65.5 Å². The minimum absolute atomic E-state index is 0.0461. The number of carbonyl (C=O) groups is 2. The molecule has 0 radical (unpaired) electrons. The Bertz CT molecular complexity index is 2590. The molecule has 5 aromatic carbocycles. The fourth-order valence-electron chi connectivity index (χ4n) is 10.1. The van der Waals surface area contributed by atoms with Crippen LogP contribution in [0.1, 0.15) is 35.6 Å². The monoisotopic (exact) mass is 792 g/mol. The maximum absolute atomic E-state index is 15.5. The van der Waals surface area contributed by atoms with Crippen molar-refractivity contribution in [2.75, 3.05) is 18.6 Å². The first-order valence-corrected chi connectivity index (χ1v) is 23.1. The molecule has 1 fully saturated rings. The van der Waals surface area contributed by atoms with Gasteiger partial charge in [-0.3, -0.25) is 19.5 Å². The molecule has 0 bridgehead atoms. The normalized spacial score (nSPS) is 22.7. The van der Waals surface area contributed by atoms with E-state index in [1.807, 2.05) is 102 Å². The van der Waals surface area contributed by atoms with Crippen LogP contribution in [0.4, 0.5) is 5.69 Å². The molecule has 1 spiro atoms. The van der Waals surface area contributed by atoms with Crippen molar-refractivity contribution in [1.82, 2.24) is 14.7 Å². The molecule has 2 amide bonds. The van der Waals surface area contributed by atoms with Gasteiger partial charge in [-0.25, -0.2) is 4.68 Å². The number of fused-ring (bicyclic) bond motifs is 4. The fraction of sp³-hybridized carbons (Fsp3) is 0.298. The van der Waals surface area contributed by atoms with Crippen LogP contribution in [0.15, 0.2) is 126 Å². The Hall–Kier alpha value is -5.75. The summed E-state index contributed by atoms with van der Waals surface area (Å²) in [5.41, 5.74) is 4.04. The molecule has 296 valence electrons. The number of aromatic amines is 1. The molecule has 10 nitrogen and oxygen atoms in total. The second-order valence-corrected chi connectivity index (χ2v) is 21.3. The molecule has 6 aromatic rings. The highest BCUT2D eigenvalue weighted by Gasteiger charge is 2.66. The summed E-state index contributed by atoms with van der Waals surface area (Å²) in [6.45, 7) is 7.27. The average Bonchev–Trinajstić information content (AvgIpc) is 3.83. The van der Waals surface area contributed by atoms with E-state index in [9.17, 15) is 14.7 Å². The Morgan fingerprint density at radius 3 is 2.34 bits per heavy atom. The molecular formula is C47H48N4O6Si. The molecule has 0 saturated carbocycles. The molecule has 1 saturated heterocycles. The van der Waals surface area contributed by atoms with Crippen molar-refractivity contribution in [3.8, 4) is 11.4 Å². The zero-order valence-electron chi connectivity index (χ0n) is 33.2. The van der Waals surface area contributed by atoms with Gasteiger partial charge in [0.2, 0.25) is 5.91 Å². The maximum Gasteiger partial charge on any atom is 0.279 e. The number of anilines is 1. The highest BCUT2D eigenvalue weighted by Crippen LogP contribution is 2.60. The van der Waals surface area contributed by atoms with Gasteiger partial charge in [0.1, 0.15) is 5.75 Å². The number of ether oxygens (including phenoxy) is 2. The van der Waals surface area contributed by atoms with Crippen molar-refractivity contribution in [3.05, 3.63) is 154 Å². The zero-order valence-corrected chi connectivity index (χ0v) is 34.2. The summed E-state index contributed by atoms with van der Waals surface area (Å²) in [5, 5.41) is 15.5. The van der Waals surface area contributed by atoms with Crippen molar-refractivity contribution in [3.63, 3.8) is 0 Å². The van der Waals surface area contributed by atoms with Crippen LogP contribution in [0.3, 0.4) is 0 Å². The minimum atomic E-state index is -2.59. The first-order valence-electron chi connectivity index (χ1n) is 20.0. The summed E-state index contributed by atoms with van der Waals surface area (Å²) in [4.78, 5) is 47.6. The quantitative estimate of drug-likeness (QED) is 0.163. The maximum atomic E-state index is 15.5. The summed E-state index contributed by atoms with van der Waals surface area (Å²) in [7, 11) is -0.940. The van der Waals surface area contributed by atoms with Crippen molar-refractivity contribution in [2.45, 2.75) is 69.2 Å². The highest BCUT2D eigenvalue weighted by atomic mass is 28.3. The predicted molar refractivity (Wildman–Crippen MR) is 227 cm³/mol. The number of aliphatic hydroxyl groups excluding tert-OH is 1. The molecule has 1 aromatic heterocycles. The zero-order chi connectivity index (χ0) is 40.3. The van der Waals surface area contributed by atoms with Gasteiger partial charge in [-0.15, -0.1) is 0 Å². The van der Waals surface area contributed by atoms with E-state index >= 15 is 4.79 Å². The third kappa shape index (κ3) is 6.02. The lowest BCUT2D eigenvalue weighted by molar-refractivity contribution is -0.151. The van der Waals surface area contributed by atoms with E-state index in [2.05, 4.69) is 43.3 Å². The Balaban J connectivity index is 1.18. The van der Waals surface area contributed by atoms with Gasteiger partial charge >= 0.3 is 0 Å². The third-order valence-corrected chi connectivity index (χ3v) is 17.5. The van der Waals surface area contributed by atoms with Crippen LogP contribution < -0.4 is 20.4 Å². The van der Waals surface area contributed by atoms with Gasteiger partial charge in [-0.1, -0.05) is 104 Å². The Morgan fingerprint density at radius 2 is 1.62 bits per heavy atom. The van der Waals surface area contributed by atoms with E-state index in [1.54, 1.807) is 18.1 Å². The van der Waals surface area contributed by atoms with E-state index in [0.29, 0.717) is 41.7 Å². The van der Waals surface area contributed by atoms with E-state index in [1.165, 1.54) is 4.68 Å².